The van der Waals surface area contributed by atoms with Crippen LogP contribution in [0.1, 0.15) is 32.6 Å². The van der Waals surface area contributed by atoms with Crippen LogP contribution in [0.3, 0.4) is 0 Å². The van der Waals surface area contributed by atoms with Crippen LogP contribution < -0.4 is 10.9 Å². The molecule has 1 fully saturated rings. The maximum atomic E-state index is 11.1. The van der Waals surface area contributed by atoms with Gasteiger partial charge >= 0.3 is 0 Å². The van der Waals surface area contributed by atoms with Crippen molar-refractivity contribution in [2.75, 3.05) is 11.9 Å². The van der Waals surface area contributed by atoms with Crippen LogP contribution in [0.25, 0.3) is 0 Å². The van der Waals surface area contributed by atoms with Gasteiger partial charge in [0.25, 0.3) is 5.56 Å². The number of rotatable bonds is 3. The van der Waals surface area contributed by atoms with Gasteiger partial charge in [-0.25, -0.2) is 5.10 Å². The van der Waals surface area contributed by atoms with Crippen molar-refractivity contribution < 1.29 is 5.11 Å². The van der Waals surface area contributed by atoms with Gasteiger partial charge in [0.2, 0.25) is 0 Å². The van der Waals surface area contributed by atoms with Gasteiger partial charge in [0.1, 0.15) is 0 Å². The highest BCUT2D eigenvalue weighted by Crippen LogP contribution is 2.32. The molecule has 2 atom stereocenters. The lowest BCUT2D eigenvalue weighted by atomic mass is 9.79. The summed E-state index contributed by atoms with van der Waals surface area (Å²) >= 11 is 0. The van der Waals surface area contributed by atoms with E-state index in [2.05, 4.69) is 22.4 Å². The number of hydrogen-bond acceptors (Lipinski definition) is 4. The Kier molecular flexibility index (Phi) is 3.47. The zero-order chi connectivity index (χ0) is 12.3. The fourth-order valence-electron chi connectivity index (χ4n) is 2.53. The Morgan fingerprint density at radius 1 is 1.71 bits per heavy atom. The highest BCUT2D eigenvalue weighted by Gasteiger charge is 2.32. The molecule has 1 aliphatic carbocycles. The van der Waals surface area contributed by atoms with E-state index in [0.717, 1.165) is 19.3 Å². The number of H-pyrrole nitrogens is 1. The van der Waals surface area contributed by atoms with Crippen LogP contribution >= 0.6 is 0 Å². The SMILES string of the molecule is CC1CCCC(O)(CNc2cn[nH]c(=O)c2)C1. The quantitative estimate of drug-likeness (QED) is 0.736. The molecular weight excluding hydrogens is 218 g/mol. The highest BCUT2D eigenvalue weighted by molar-refractivity contribution is 5.39. The van der Waals surface area contributed by atoms with E-state index in [1.807, 2.05) is 0 Å². The number of nitrogens with zero attached hydrogens (tertiary/aromatic N) is 1. The summed E-state index contributed by atoms with van der Waals surface area (Å²) in [6.45, 7) is 2.64. The van der Waals surface area contributed by atoms with Crippen molar-refractivity contribution in [3.63, 3.8) is 0 Å². The number of hydrogen-bond donors (Lipinski definition) is 3. The van der Waals surface area contributed by atoms with Crippen molar-refractivity contribution in [3.8, 4) is 0 Å². The summed E-state index contributed by atoms with van der Waals surface area (Å²) in [4.78, 5) is 11.1. The number of aromatic nitrogens is 2. The number of nitrogens with one attached hydrogen (secondary N) is 2. The second-order valence-electron chi connectivity index (χ2n) is 5.11. The van der Waals surface area contributed by atoms with Crippen LogP contribution in [-0.4, -0.2) is 27.4 Å². The largest absolute Gasteiger partial charge is 0.388 e. The Bertz CT molecular complexity index is 432. The molecule has 94 valence electrons. The molecule has 0 radical (unpaired) electrons. The first-order valence-electron chi connectivity index (χ1n) is 6.08. The van der Waals surface area contributed by atoms with E-state index in [-0.39, 0.29) is 5.56 Å². The molecule has 0 saturated heterocycles. The second-order valence-corrected chi connectivity index (χ2v) is 5.11. The lowest BCUT2D eigenvalue weighted by Crippen LogP contribution is -2.41. The van der Waals surface area contributed by atoms with Crippen LogP contribution in [0.4, 0.5) is 5.69 Å². The first-order valence-corrected chi connectivity index (χ1v) is 6.08. The number of aromatic amines is 1. The average Bonchev–Trinajstić information content (AvgIpc) is 2.26. The fraction of sp³-hybridized carbons (Fsp3) is 0.667. The molecule has 5 heteroatoms. The molecule has 0 bridgehead atoms. The maximum absolute atomic E-state index is 11.1. The van der Waals surface area contributed by atoms with Crippen LogP contribution in [0.5, 0.6) is 0 Å². The van der Waals surface area contributed by atoms with Crippen molar-refractivity contribution in [2.24, 2.45) is 5.92 Å². The van der Waals surface area contributed by atoms with Crippen molar-refractivity contribution in [1.29, 1.82) is 0 Å². The van der Waals surface area contributed by atoms with Crippen molar-refractivity contribution in [2.45, 2.75) is 38.2 Å². The van der Waals surface area contributed by atoms with Crippen LogP contribution in [0, 0.1) is 5.92 Å². The van der Waals surface area contributed by atoms with E-state index in [1.54, 1.807) is 6.20 Å². The molecule has 1 aromatic rings. The third-order valence-corrected chi connectivity index (χ3v) is 3.35. The maximum Gasteiger partial charge on any atom is 0.266 e. The molecular formula is C12H19N3O2. The normalized spacial score (nSPS) is 28.9. The van der Waals surface area contributed by atoms with E-state index in [4.69, 9.17) is 0 Å². The molecule has 1 aliphatic rings. The summed E-state index contributed by atoms with van der Waals surface area (Å²) in [6, 6.07) is 1.45. The first kappa shape index (κ1) is 12.1. The van der Waals surface area contributed by atoms with Crippen LogP contribution in [-0.2, 0) is 0 Å². The topological polar surface area (TPSA) is 78.0 Å². The summed E-state index contributed by atoms with van der Waals surface area (Å²) in [6.07, 6.45) is 5.44. The van der Waals surface area contributed by atoms with Crippen molar-refractivity contribution in [1.82, 2.24) is 10.2 Å². The molecule has 1 heterocycles. The molecule has 0 aliphatic heterocycles. The van der Waals surface area contributed by atoms with Gasteiger partial charge in [-0.05, 0) is 18.8 Å². The zero-order valence-corrected chi connectivity index (χ0v) is 10.1. The van der Waals surface area contributed by atoms with Crippen molar-refractivity contribution in [3.05, 3.63) is 22.6 Å². The molecule has 2 rings (SSSR count). The minimum absolute atomic E-state index is 0.237. The van der Waals surface area contributed by atoms with Gasteiger partial charge in [0.05, 0.1) is 17.5 Å². The van der Waals surface area contributed by atoms with E-state index < -0.39 is 5.60 Å². The third-order valence-electron chi connectivity index (χ3n) is 3.35. The van der Waals surface area contributed by atoms with Gasteiger partial charge in [-0.15, -0.1) is 0 Å². The summed E-state index contributed by atoms with van der Waals surface area (Å²) in [5.41, 5.74) is -0.236. The average molecular weight is 237 g/mol. The fourth-order valence-corrected chi connectivity index (χ4v) is 2.53. The van der Waals surface area contributed by atoms with Gasteiger partial charge in [0, 0.05) is 12.6 Å². The number of anilines is 1. The van der Waals surface area contributed by atoms with Gasteiger partial charge in [0.15, 0.2) is 0 Å². The minimum Gasteiger partial charge on any atom is -0.388 e. The predicted octanol–water partition coefficient (Wildman–Crippen LogP) is 1.12. The summed E-state index contributed by atoms with van der Waals surface area (Å²) in [5, 5.41) is 19.5. The molecule has 5 nitrogen and oxygen atoms in total. The second kappa shape index (κ2) is 4.87. The van der Waals surface area contributed by atoms with Gasteiger partial charge in [-0.2, -0.15) is 5.10 Å². The summed E-state index contributed by atoms with van der Waals surface area (Å²) < 4.78 is 0. The monoisotopic (exact) mass is 237 g/mol. The van der Waals surface area contributed by atoms with Crippen LogP contribution in [0.15, 0.2) is 17.1 Å². The smallest absolute Gasteiger partial charge is 0.266 e. The Balaban J connectivity index is 1.95. The summed E-state index contributed by atoms with van der Waals surface area (Å²) in [5.74, 6) is 0.563. The third kappa shape index (κ3) is 3.30. The number of aliphatic hydroxyl groups is 1. The van der Waals surface area contributed by atoms with Gasteiger partial charge in [-0.3, -0.25) is 4.79 Å². The Morgan fingerprint density at radius 2 is 2.53 bits per heavy atom. The van der Waals surface area contributed by atoms with E-state index >= 15 is 0 Å². The molecule has 2 unspecified atom stereocenters. The molecule has 17 heavy (non-hydrogen) atoms. The molecule has 1 saturated carbocycles. The Labute approximate surface area is 100 Å². The Hall–Kier alpha value is -1.36. The molecule has 0 spiro atoms. The first-order chi connectivity index (χ1) is 8.07. The lowest BCUT2D eigenvalue weighted by molar-refractivity contribution is -0.000769. The zero-order valence-electron chi connectivity index (χ0n) is 10.1. The molecule has 3 N–H and O–H groups in total. The lowest BCUT2D eigenvalue weighted by Gasteiger charge is -2.35. The van der Waals surface area contributed by atoms with E-state index in [9.17, 15) is 9.90 Å². The van der Waals surface area contributed by atoms with Crippen molar-refractivity contribution >= 4 is 5.69 Å². The highest BCUT2D eigenvalue weighted by atomic mass is 16.3. The van der Waals surface area contributed by atoms with E-state index in [0.29, 0.717) is 18.2 Å². The Morgan fingerprint density at radius 3 is 3.24 bits per heavy atom. The van der Waals surface area contributed by atoms with E-state index in [1.165, 1.54) is 12.5 Å². The minimum atomic E-state index is -0.653. The predicted molar refractivity (Wildman–Crippen MR) is 65.9 cm³/mol. The summed E-state index contributed by atoms with van der Waals surface area (Å²) in [7, 11) is 0. The van der Waals surface area contributed by atoms with Gasteiger partial charge < -0.3 is 10.4 Å². The molecule has 0 aromatic carbocycles. The van der Waals surface area contributed by atoms with Crippen LogP contribution in [0.2, 0.25) is 0 Å². The molecule has 1 aromatic heterocycles. The van der Waals surface area contributed by atoms with Gasteiger partial charge in [-0.1, -0.05) is 19.8 Å². The molecule has 0 amide bonds. The standard InChI is InChI=1S/C12H19N3O2/c1-9-3-2-4-12(17,6-9)8-13-10-5-11(16)15-14-7-10/h5,7,9,17H,2-4,6,8H2,1H3,(H2,13,15,16).